The number of ether oxygens (including phenoxy) is 2. The minimum atomic E-state index is -0.397. The largest absolute Gasteiger partial charge is 0.396 e. The topological polar surface area (TPSA) is 142 Å². The van der Waals surface area contributed by atoms with Crippen LogP contribution in [0.25, 0.3) is 10.3 Å². The van der Waals surface area contributed by atoms with Gasteiger partial charge in [0.2, 0.25) is 0 Å². The molecule has 5 N–H and O–H groups in total. The van der Waals surface area contributed by atoms with Crippen LogP contribution < -0.4 is 21.7 Å². The summed E-state index contributed by atoms with van der Waals surface area (Å²) >= 11 is 1.23. The molecule has 1 fully saturated rings. The fourth-order valence-corrected chi connectivity index (χ4v) is 5.79. The highest BCUT2D eigenvalue weighted by molar-refractivity contribution is 7.21. The number of aromatic nitrogens is 3. The van der Waals surface area contributed by atoms with Crippen LogP contribution >= 0.6 is 11.3 Å². The highest BCUT2D eigenvalue weighted by Gasteiger charge is 2.34. The predicted octanol–water partition coefficient (Wildman–Crippen LogP) is 1.58. The summed E-state index contributed by atoms with van der Waals surface area (Å²) in [4.78, 5) is 29.2. The molecule has 3 aromatic rings. The highest BCUT2D eigenvalue weighted by Crippen LogP contribution is 2.32. The number of fused-ring (bicyclic) bond motifs is 2. The average Bonchev–Trinajstić information content (AvgIpc) is 3.37. The Morgan fingerprint density at radius 3 is 2.97 bits per heavy atom. The van der Waals surface area contributed by atoms with Crippen LogP contribution in [0.2, 0.25) is 0 Å². The van der Waals surface area contributed by atoms with Crippen molar-refractivity contribution in [3.8, 4) is 0 Å². The number of aryl methyl sites for hydroxylation is 2. The van der Waals surface area contributed by atoms with E-state index in [1.807, 2.05) is 11.8 Å². The summed E-state index contributed by atoms with van der Waals surface area (Å²) in [5.41, 5.74) is 15.7. The molecular formula is C24H30FN7O3S. The van der Waals surface area contributed by atoms with Crippen molar-refractivity contribution < 1.29 is 18.7 Å². The standard InChI is InChI=1S/C24H30FN7O3S/c1-12-9-28-20-19(27)21(36-24(20)29-12)23(33)30-14-3-4-17-13(7-14)8-15(25)22(31-17)32-10-16(26)18(11-32)35-6-5-34-2/h8-9,14,16,18H,3-7,10-11,26-27H2,1-2H3,(H,30,33). The zero-order chi connectivity index (χ0) is 25.4. The highest BCUT2D eigenvalue weighted by atomic mass is 32.1. The first-order valence-electron chi connectivity index (χ1n) is 12.0. The number of thiophene rings is 1. The number of rotatable bonds is 7. The molecule has 2 aliphatic rings. The van der Waals surface area contributed by atoms with Gasteiger partial charge in [0, 0.05) is 38.1 Å². The van der Waals surface area contributed by atoms with Crippen LogP contribution in [0.3, 0.4) is 0 Å². The van der Waals surface area contributed by atoms with Crippen molar-refractivity contribution in [1.29, 1.82) is 0 Å². The molecule has 0 bridgehead atoms. The third-order valence-corrected chi connectivity index (χ3v) is 7.74. The van der Waals surface area contributed by atoms with Gasteiger partial charge in [0.05, 0.1) is 36.7 Å². The van der Waals surface area contributed by atoms with Gasteiger partial charge in [0.1, 0.15) is 15.2 Å². The number of nitrogens with zero attached hydrogens (tertiary/aromatic N) is 4. The summed E-state index contributed by atoms with van der Waals surface area (Å²) in [5.74, 6) is -0.358. The molecule has 0 radical (unpaired) electrons. The number of hydrogen-bond acceptors (Lipinski definition) is 10. The number of methoxy groups -OCH3 is 1. The van der Waals surface area contributed by atoms with E-state index in [1.54, 1.807) is 13.3 Å². The Bertz CT molecular complexity index is 1290. The van der Waals surface area contributed by atoms with Crippen LogP contribution in [0, 0.1) is 12.7 Å². The normalized spacial score (nSPS) is 21.7. The number of halogens is 1. The number of hydrogen-bond donors (Lipinski definition) is 3. The second-order valence-corrected chi connectivity index (χ2v) is 10.3. The number of amides is 1. The number of nitrogens with two attached hydrogens (primary N) is 2. The lowest BCUT2D eigenvalue weighted by Gasteiger charge is -2.27. The average molecular weight is 516 g/mol. The van der Waals surface area contributed by atoms with E-state index in [4.69, 9.17) is 20.9 Å². The molecule has 36 heavy (non-hydrogen) atoms. The fraction of sp³-hybridized carbons (Fsp3) is 0.500. The van der Waals surface area contributed by atoms with E-state index < -0.39 is 5.82 Å². The number of nitrogen functional groups attached to an aromatic ring is 1. The van der Waals surface area contributed by atoms with Crippen molar-refractivity contribution >= 4 is 39.1 Å². The zero-order valence-corrected chi connectivity index (χ0v) is 21.1. The molecule has 0 aromatic carbocycles. The van der Waals surface area contributed by atoms with Gasteiger partial charge in [0.25, 0.3) is 5.91 Å². The minimum Gasteiger partial charge on any atom is -0.396 e. The number of anilines is 2. The van der Waals surface area contributed by atoms with Crippen LogP contribution in [0.4, 0.5) is 15.9 Å². The minimum absolute atomic E-state index is 0.150. The summed E-state index contributed by atoms with van der Waals surface area (Å²) in [7, 11) is 1.61. The molecule has 3 aromatic heterocycles. The van der Waals surface area contributed by atoms with E-state index in [0.717, 1.165) is 17.0 Å². The first kappa shape index (κ1) is 24.8. The van der Waals surface area contributed by atoms with Gasteiger partial charge >= 0.3 is 0 Å². The molecule has 3 unspecified atom stereocenters. The molecule has 1 amide bonds. The second kappa shape index (κ2) is 10.2. The van der Waals surface area contributed by atoms with Crippen molar-refractivity contribution in [2.75, 3.05) is 44.0 Å². The Balaban J connectivity index is 1.26. The lowest BCUT2D eigenvalue weighted by molar-refractivity contribution is 0.0212. The van der Waals surface area contributed by atoms with Crippen LogP contribution in [-0.4, -0.2) is 72.5 Å². The zero-order valence-electron chi connectivity index (χ0n) is 20.3. The van der Waals surface area contributed by atoms with Gasteiger partial charge in [0.15, 0.2) is 11.6 Å². The summed E-state index contributed by atoms with van der Waals surface area (Å²) in [6.45, 7) is 3.71. The van der Waals surface area contributed by atoms with Crippen molar-refractivity contribution in [3.05, 3.63) is 39.9 Å². The van der Waals surface area contributed by atoms with Crippen LogP contribution in [0.15, 0.2) is 12.3 Å². The van der Waals surface area contributed by atoms with Crippen molar-refractivity contribution in [2.24, 2.45) is 5.73 Å². The summed E-state index contributed by atoms with van der Waals surface area (Å²) < 4.78 is 25.9. The van der Waals surface area contributed by atoms with Gasteiger partial charge < -0.3 is 31.2 Å². The fourth-order valence-electron chi connectivity index (χ4n) is 4.79. The number of pyridine rings is 1. The molecule has 0 spiro atoms. The molecule has 3 atom stereocenters. The van der Waals surface area contributed by atoms with Gasteiger partial charge in [-0.1, -0.05) is 0 Å². The van der Waals surface area contributed by atoms with E-state index in [1.165, 1.54) is 17.4 Å². The quantitative estimate of drug-likeness (QED) is 0.400. The molecule has 10 nitrogen and oxygen atoms in total. The van der Waals surface area contributed by atoms with Crippen LogP contribution in [0.1, 0.15) is 33.0 Å². The van der Waals surface area contributed by atoms with E-state index in [9.17, 15) is 4.79 Å². The second-order valence-electron chi connectivity index (χ2n) is 9.29. The van der Waals surface area contributed by atoms with Gasteiger partial charge in [-0.05, 0) is 37.8 Å². The molecule has 1 aliphatic heterocycles. The SMILES string of the molecule is COCCOC1CN(c2nc3c(cc2F)CC(NC(=O)c2sc4nc(C)cnc4c2N)CC3)CC1N. The number of carbonyl (C=O) groups is 1. The molecular weight excluding hydrogens is 485 g/mol. The van der Waals surface area contributed by atoms with Crippen molar-refractivity contribution in [1.82, 2.24) is 20.3 Å². The van der Waals surface area contributed by atoms with Crippen LogP contribution in [-0.2, 0) is 22.3 Å². The Kier molecular flexibility index (Phi) is 7.02. The summed E-state index contributed by atoms with van der Waals surface area (Å²) in [6, 6.07) is 1.16. The van der Waals surface area contributed by atoms with Crippen molar-refractivity contribution in [3.63, 3.8) is 0 Å². The molecule has 5 rings (SSSR count). The van der Waals surface area contributed by atoms with Crippen LogP contribution in [0.5, 0.6) is 0 Å². The summed E-state index contributed by atoms with van der Waals surface area (Å²) in [5, 5.41) is 3.05. The maximum absolute atomic E-state index is 15.1. The van der Waals surface area contributed by atoms with E-state index in [0.29, 0.717) is 72.3 Å². The molecule has 1 aliphatic carbocycles. The Hall–Kier alpha value is -2.93. The maximum Gasteiger partial charge on any atom is 0.263 e. The predicted molar refractivity (Wildman–Crippen MR) is 136 cm³/mol. The maximum atomic E-state index is 15.1. The third-order valence-electron chi connectivity index (χ3n) is 6.65. The van der Waals surface area contributed by atoms with Crippen molar-refractivity contribution in [2.45, 2.75) is 44.4 Å². The molecule has 192 valence electrons. The smallest absolute Gasteiger partial charge is 0.263 e. The van der Waals surface area contributed by atoms with E-state index >= 15 is 4.39 Å². The Labute approximate surface area is 212 Å². The van der Waals surface area contributed by atoms with E-state index in [2.05, 4.69) is 20.3 Å². The molecule has 12 heteroatoms. The first-order valence-corrected chi connectivity index (χ1v) is 12.8. The first-order chi connectivity index (χ1) is 17.3. The van der Waals surface area contributed by atoms with Gasteiger partial charge in [-0.25, -0.2) is 19.3 Å². The molecule has 1 saturated heterocycles. The monoisotopic (exact) mass is 515 g/mol. The summed E-state index contributed by atoms with van der Waals surface area (Å²) in [6.07, 6.45) is 3.25. The Morgan fingerprint density at radius 1 is 1.33 bits per heavy atom. The van der Waals surface area contributed by atoms with Gasteiger partial charge in [-0.15, -0.1) is 11.3 Å². The van der Waals surface area contributed by atoms with E-state index in [-0.39, 0.29) is 24.1 Å². The lowest BCUT2D eigenvalue weighted by atomic mass is 9.91. The Morgan fingerprint density at radius 2 is 2.17 bits per heavy atom. The number of carbonyl (C=O) groups excluding carboxylic acids is 1. The van der Waals surface area contributed by atoms with Gasteiger partial charge in [-0.2, -0.15) is 0 Å². The molecule has 0 saturated carbocycles. The van der Waals surface area contributed by atoms with Gasteiger partial charge in [-0.3, -0.25) is 4.79 Å². The lowest BCUT2D eigenvalue weighted by Crippen LogP contribution is -2.39. The number of nitrogens with one attached hydrogen (secondary N) is 1. The third kappa shape index (κ3) is 4.85. The molecule has 4 heterocycles.